The quantitative estimate of drug-likeness (QED) is 0.876. The summed E-state index contributed by atoms with van der Waals surface area (Å²) in [7, 11) is 4.18. The molecular weight excluding hydrogens is 236 g/mol. The highest BCUT2D eigenvalue weighted by Gasteiger charge is 2.32. The van der Waals surface area contributed by atoms with Crippen molar-refractivity contribution in [1.29, 1.82) is 0 Å². The van der Waals surface area contributed by atoms with Crippen molar-refractivity contribution < 1.29 is 5.11 Å². The minimum Gasteiger partial charge on any atom is -0.508 e. The Hall–Kier alpha value is -1.06. The van der Waals surface area contributed by atoms with Gasteiger partial charge in [0.15, 0.2) is 0 Å². The Kier molecular flexibility index (Phi) is 4.16. The Morgan fingerprint density at radius 2 is 2.05 bits per heavy atom. The van der Waals surface area contributed by atoms with Crippen molar-refractivity contribution in [3.63, 3.8) is 0 Å². The maximum atomic E-state index is 10.2. The predicted molar refractivity (Wildman–Crippen MR) is 79.8 cm³/mol. The van der Waals surface area contributed by atoms with Crippen molar-refractivity contribution in [1.82, 2.24) is 10.2 Å². The minimum atomic E-state index is 0.278. The summed E-state index contributed by atoms with van der Waals surface area (Å²) in [6.07, 6.45) is 1.07. The first-order valence-electron chi connectivity index (χ1n) is 7.13. The van der Waals surface area contributed by atoms with Crippen LogP contribution < -0.4 is 5.32 Å². The third kappa shape index (κ3) is 2.93. The van der Waals surface area contributed by atoms with Gasteiger partial charge in [0.05, 0.1) is 0 Å². The molecule has 0 radical (unpaired) electrons. The van der Waals surface area contributed by atoms with Gasteiger partial charge in [-0.15, -0.1) is 0 Å². The van der Waals surface area contributed by atoms with Crippen LogP contribution >= 0.6 is 0 Å². The maximum Gasteiger partial charge on any atom is 0.120 e. The van der Waals surface area contributed by atoms with Crippen molar-refractivity contribution in [2.45, 2.75) is 45.2 Å². The molecule has 19 heavy (non-hydrogen) atoms. The largest absolute Gasteiger partial charge is 0.508 e. The van der Waals surface area contributed by atoms with Gasteiger partial charge < -0.3 is 15.3 Å². The van der Waals surface area contributed by atoms with Crippen LogP contribution in [0.3, 0.4) is 0 Å². The molecule has 3 heteroatoms. The molecule has 0 saturated heterocycles. The molecule has 0 spiro atoms. The Morgan fingerprint density at radius 1 is 1.37 bits per heavy atom. The molecule has 3 unspecified atom stereocenters. The maximum absolute atomic E-state index is 10.2. The topological polar surface area (TPSA) is 35.5 Å². The van der Waals surface area contributed by atoms with Gasteiger partial charge in [0.1, 0.15) is 5.75 Å². The van der Waals surface area contributed by atoms with Gasteiger partial charge >= 0.3 is 0 Å². The summed E-state index contributed by atoms with van der Waals surface area (Å²) in [5, 5.41) is 13.9. The standard InChI is InChI=1S/C16H26N2O/c1-10-6-7-14(19)16-13(8-11(2)15(10)16)17-12(3)9-18(4)5/h6-7,11-13,17,19H,8-9H2,1-5H3. The van der Waals surface area contributed by atoms with E-state index < -0.39 is 0 Å². The number of hydrogen-bond acceptors (Lipinski definition) is 3. The van der Waals surface area contributed by atoms with Gasteiger partial charge in [0.25, 0.3) is 0 Å². The number of aryl methyl sites for hydroxylation is 1. The summed E-state index contributed by atoms with van der Waals surface area (Å²) in [5.41, 5.74) is 3.76. The monoisotopic (exact) mass is 262 g/mol. The van der Waals surface area contributed by atoms with Crippen molar-refractivity contribution >= 4 is 0 Å². The summed E-state index contributed by atoms with van der Waals surface area (Å²) < 4.78 is 0. The molecule has 0 saturated carbocycles. The molecule has 1 aliphatic rings. The smallest absolute Gasteiger partial charge is 0.120 e. The number of nitrogens with one attached hydrogen (secondary N) is 1. The Labute approximate surface area is 116 Å². The second-order valence-electron chi connectivity index (χ2n) is 6.25. The van der Waals surface area contributed by atoms with Crippen LogP contribution in [-0.2, 0) is 0 Å². The SMILES string of the molecule is Cc1ccc(O)c2c1C(C)CC2NC(C)CN(C)C. The molecule has 1 aromatic rings. The molecule has 0 amide bonds. The van der Waals surface area contributed by atoms with Crippen LogP contribution in [0.1, 0.15) is 48.9 Å². The molecule has 1 aromatic carbocycles. The molecule has 0 aromatic heterocycles. The highest BCUT2D eigenvalue weighted by Crippen LogP contribution is 2.45. The fourth-order valence-electron chi connectivity index (χ4n) is 3.44. The molecule has 1 aliphatic carbocycles. The van der Waals surface area contributed by atoms with E-state index in [1.807, 2.05) is 12.1 Å². The van der Waals surface area contributed by atoms with E-state index in [0.717, 1.165) is 18.5 Å². The van der Waals surface area contributed by atoms with Crippen LogP contribution in [-0.4, -0.2) is 36.7 Å². The van der Waals surface area contributed by atoms with E-state index in [1.54, 1.807) is 0 Å². The second-order valence-corrected chi connectivity index (χ2v) is 6.25. The summed E-state index contributed by atoms with van der Waals surface area (Å²) in [5.74, 6) is 0.964. The van der Waals surface area contributed by atoms with E-state index >= 15 is 0 Å². The fraction of sp³-hybridized carbons (Fsp3) is 0.625. The highest BCUT2D eigenvalue weighted by molar-refractivity contribution is 5.50. The average Bonchev–Trinajstić information content (AvgIpc) is 2.61. The summed E-state index contributed by atoms with van der Waals surface area (Å²) in [6, 6.07) is 4.55. The Morgan fingerprint density at radius 3 is 2.68 bits per heavy atom. The third-order valence-electron chi connectivity index (χ3n) is 4.04. The molecule has 2 rings (SSSR count). The van der Waals surface area contributed by atoms with Gasteiger partial charge in [0, 0.05) is 24.2 Å². The molecular formula is C16H26N2O. The number of nitrogens with zero attached hydrogens (tertiary/aromatic N) is 1. The highest BCUT2D eigenvalue weighted by atomic mass is 16.3. The van der Waals surface area contributed by atoms with Crippen LogP contribution in [0.25, 0.3) is 0 Å². The lowest BCUT2D eigenvalue weighted by Crippen LogP contribution is -2.37. The first-order chi connectivity index (χ1) is 8.90. The van der Waals surface area contributed by atoms with E-state index in [1.165, 1.54) is 11.1 Å². The van der Waals surface area contributed by atoms with E-state index in [9.17, 15) is 5.11 Å². The number of hydrogen-bond donors (Lipinski definition) is 2. The number of fused-ring (bicyclic) bond motifs is 1. The third-order valence-corrected chi connectivity index (χ3v) is 4.04. The van der Waals surface area contributed by atoms with Crippen LogP contribution in [0.15, 0.2) is 12.1 Å². The number of rotatable bonds is 4. The molecule has 3 atom stereocenters. The molecule has 0 aliphatic heterocycles. The summed E-state index contributed by atoms with van der Waals surface area (Å²) in [4.78, 5) is 2.19. The van der Waals surface area contributed by atoms with Gasteiger partial charge in [-0.25, -0.2) is 0 Å². The van der Waals surface area contributed by atoms with E-state index in [4.69, 9.17) is 0 Å². The van der Waals surface area contributed by atoms with Gasteiger partial charge in [-0.2, -0.15) is 0 Å². The van der Waals surface area contributed by atoms with Crippen LogP contribution in [0.4, 0.5) is 0 Å². The van der Waals surface area contributed by atoms with Gasteiger partial charge in [-0.3, -0.25) is 0 Å². The van der Waals surface area contributed by atoms with Gasteiger partial charge in [-0.05, 0) is 57.5 Å². The fourth-order valence-corrected chi connectivity index (χ4v) is 3.44. The second kappa shape index (κ2) is 5.51. The summed E-state index contributed by atoms with van der Waals surface area (Å²) in [6.45, 7) is 7.60. The lowest BCUT2D eigenvalue weighted by Gasteiger charge is -2.23. The van der Waals surface area contributed by atoms with Crippen molar-refractivity contribution in [3.05, 3.63) is 28.8 Å². The minimum absolute atomic E-state index is 0.278. The Balaban J connectivity index is 2.22. The van der Waals surface area contributed by atoms with Gasteiger partial charge in [-0.1, -0.05) is 13.0 Å². The van der Waals surface area contributed by atoms with E-state index in [-0.39, 0.29) is 6.04 Å². The van der Waals surface area contributed by atoms with E-state index in [0.29, 0.717) is 17.7 Å². The number of phenolic OH excluding ortho intramolecular Hbond substituents is 1. The van der Waals surface area contributed by atoms with Crippen molar-refractivity contribution in [2.75, 3.05) is 20.6 Å². The van der Waals surface area contributed by atoms with Crippen LogP contribution in [0.5, 0.6) is 5.75 Å². The zero-order valence-electron chi connectivity index (χ0n) is 12.7. The number of aromatic hydroxyl groups is 1. The van der Waals surface area contributed by atoms with Crippen molar-refractivity contribution in [3.8, 4) is 5.75 Å². The zero-order valence-corrected chi connectivity index (χ0v) is 12.7. The molecule has 106 valence electrons. The first-order valence-corrected chi connectivity index (χ1v) is 7.13. The molecule has 0 heterocycles. The average molecular weight is 262 g/mol. The van der Waals surface area contributed by atoms with Crippen LogP contribution in [0.2, 0.25) is 0 Å². The Bertz CT molecular complexity index is 456. The molecule has 0 fully saturated rings. The van der Waals surface area contributed by atoms with Crippen molar-refractivity contribution in [2.24, 2.45) is 0 Å². The lowest BCUT2D eigenvalue weighted by molar-refractivity contribution is 0.323. The van der Waals surface area contributed by atoms with E-state index in [2.05, 4.69) is 45.1 Å². The summed E-state index contributed by atoms with van der Waals surface area (Å²) >= 11 is 0. The lowest BCUT2D eigenvalue weighted by atomic mass is 9.97. The number of benzene rings is 1. The molecule has 3 nitrogen and oxygen atoms in total. The number of phenols is 1. The van der Waals surface area contributed by atoms with Crippen LogP contribution in [0, 0.1) is 6.92 Å². The normalized spacial score (nSPS) is 23.7. The zero-order chi connectivity index (χ0) is 14.2. The predicted octanol–water partition coefficient (Wildman–Crippen LogP) is 2.79. The van der Waals surface area contributed by atoms with Gasteiger partial charge in [0.2, 0.25) is 0 Å². The first kappa shape index (κ1) is 14.4. The molecule has 2 N–H and O–H groups in total. The molecule has 0 bridgehead atoms. The number of likely N-dealkylation sites (N-methyl/N-ethyl adjacent to an activating group) is 1.